The molecule has 1 aromatic heterocycles. The average Bonchev–Trinajstić information content (AvgIpc) is 2.98. The summed E-state index contributed by atoms with van der Waals surface area (Å²) in [5, 5.41) is 0. The van der Waals surface area contributed by atoms with Crippen molar-refractivity contribution in [2.75, 3.05) is 20.2 Å². The van der Waals surface area contributed by atoms with Gasteiger partial charge in [0, 0.05) is 25.0 Å². The maximum absolute atomic E-state index is 5.32. The second-order valence-electron chi connectivity index (χ2n) is 6.53. The number of hydrogen-bond acceptors (Lipinski definition) is 2. The third-order valence-corrected chi connectivity index (χ3v) is 4.27. The lowest BCUT2D eigenvalue weighted by molar-refractivity contribution is 0.256. The molecule has 1 heterocycles. The van der Waals surface area contributed by atoms with E-state index in [1.807, 2.05) is 6.07 Å². The number of rotatable bonds is 9. The fourth-order valence-corrected chi connectivity index (χ4v) is 2.73. The van der Waals surface area contributed by atoms with E-state index in [9.17, 15) is 0 Å². The first-order valence-electron chi connectivity index (χ1n) is 8.61. The zero-order chi connectivity index (χ0) is 16.7. The summed E-state index contributed by atoms with van der Waals surface area (Å²) in [7, 11) is 1.72. The minimum atomic E-state index is 0.757. The molecule has 0 saturated heterocycles. The van der Waals surface area contributed by atoms with Crippen molar-refractivity contribution in [3.05, 3.63) is 53.9 Å². The fraction of sp³-hybridized carbons (Fsp3) is 0.500. The van der Waals surface area contributed by atoms with Crippen LogP contribution in [0.15, 0.2) is 42.6 Å². The van der Waals surface area contributed by atoms with Gasteiger partial charge in [-0.15, -0.1) is 0 Å². The SMILES string of the molecule is CCN(CCC(C)C)Cc1cccn1Cc1cccc(OC)c1. The molecule has 0 atom stereocenters. The molecule has 0 aliphatic carbocycles. The van der Waals surface area contributed by atoms with Crippen molar-refractivity contribution < 1.29 is 4.74 Å². The average molecular weight is 314 g/mol. The molecule has 126 valence electrons. The summed E-state index contributed by atoms with van der Waals surface area (Å²) >= 11 is 0. The highest BCUT2D eigenvalue weighted by molar-refractivity contribution is 5.29. The van der Waals surface area contributed by atoms with Gasteiger partial charge in [0.05, 0.1) is 7.11 Å². The van der Waals surface area contributed by atoms with Gasteiger partial charge in [-0.1, -0.05) is 32.9 Å². The van der Waals surface area contributed by atoms with Crippen molar-refractivity contribution in [2.45, 2.75) is 40.3 Å². The molecule has 0 aliphatic heterocycles. The maximum atomic E-state index is 5.32. The molecule has 3 nitrogen and oxygen atoms in total. The summed E-state index contributed by atoms with van der Waals surface area (Å²) < 4.78 is 7.66. The Kier molecular flexibility index (Phi) is 6.72. The molecule has 0 amide bonds. The van der Waals surface area contributed by atoms with Crippen molar-refractivity contribution in [3.8, 4) is 5.75 Å². The molecule has 0 aliphatic rings. The predicted molar refractivity (Wildman–Crippen MR) is 96.9 cm³/mol. The van der Waals surface area contributed by atoms with E-state index in [2.05, 4.69) is 66.8 Å². The van der Waals surface area contributed by atoms with E-state index in [0.29, 0.717) is 0 Å². The lowest BCUT2D eigenvalue weighted by atomic mass is 10.1. The predicted octanol–water partition coefficient (Wildman–Crippen LogP) is 4.41. The Morgan fingerprint density at radius 2 is 2.00 bits per heavy atom. The summed E-state index contributed by atoms with van der Waals surface area (Å²) in [4.78, 5) is 2.53. The van der Waals surface area contributed by atoms with Gasteiger partial charge in [-0.3, -0.25) is 4.90 Å². The molecule has 2 rings (SSSR count). The lowest BCUT2D eigenvalue weighted by Gasteiger charge is -2.22. The smallest absolute Gasteiger partial charge is 0.119 e. The van der Waals surface area contributed by atoms with Crippen LogP contribution < -0.4 is 4.74 Å². The monoisotopic (exact) mass is 314 g/mol. The van der Waals surface area contributed by atoms with E-state index in [1.54, 1.807) is 7.11 Å². The fourth-order valence-electron chi connectivity index (χ4n) is 2.73. The summed E-state index contributed by atoms with van der Waals surface area (Å²) in [6.07, 6.45) is 3.43. The Morgan fingerprint density at radius 1 is 1.17 bits per heavy atom. The molecule has 23 heavy (non-hydrogen) atoms. The lowest BCUT2D eigenvalue weighted by Crippen LogP contribution is -2.26. The van der Waals surface area contributed by atoms with Gasteiger partial charge in [0.2, 0.25) is 0 Å². The molecule has 0 unspecified atom stereocenters. The number of aromatic nitrogens is 1. The Morgan fingerprint density at radius 3 is 2.70 bits per heavy atom. The largest absolute Gasteiger partial charge is 0.497 e. The first-order chi connectivity index (χ1) is 11.1. The molecule has 0 saturated carbocycles. The van der Waals surface area contributed by atoms with E-state index >= 15 is 0 Å². The molecule has 1 aromatic carbocycles. The molecule has 0 radical (unpaired) electrons. The number of nitrogens with zero attached hydrogens (tertiary/aromatic N) is 2. The Bertz CT molecular complexity index is 589. The molecule has 2 aromatic rings. The van der Waals surface area contributed by atoms with Crippen LogP contribution in [0.1, 0.15) is 38.4 Å². The van der Waals surface area contributed by atoms with Crippen LogP contribution >= 0.6 is 0 Å². The highest BCUT2D eigenvalue weighted by atomic mass is 16.5. The molecule has 0 spiro atoms. The van der Waals surface area contributed by atoms with Gasteiger partial charge >= 0.3 is 0 Å². The highest BCUT2D eigenvalue weighted by Gasteiger charge is 2.09. The van der Waals surface area contributed by atoms with Crippen molar-refractivity contribution >= 4 is 0 Å². The molecule has 0 N–H and O–H groups in total. The summed E-state index contributed by atoms with van der Waals surface area (Å²) in [6.45, 7) is 11.0. The van der Waals surface area contributed by atoms with Crippen LogP contribution in [0.3, 0.4) is 0 Å². The Balaban J connectivity index is 2.03. The van der Waals surface area contributed by atoms with E-state index in [-0.39, 0.29) is 0 Å². The summed E-state index contributed by atoms with van der Waals surface area (Å²) in [5.41, 5.74) is 2.64. The highest BCUT2D eigenvalue weighted by Crippen LogP contribution is 2.16. The van der Waals surface area contributed by atoms with E-state index in [4.69, 9.17) is 4.74 Å². The van der Waals surface area contributed by atoms with Crippen LogP contribution in [-0.4, -0.2) is 29.7 Å². The number of benzene rings is 1. The van der Waals surface area contributed by atoms with Crippen molar-refractivity contribution in [3.63, 3.8) is 0 Å². The molecular weight excluding hydrogens is 284 g/mol. The van der Waals surface area contributed by atoms with E-state index in [0.717, 1.165) is 31.3 Å². The zero-order valence-electron chi connectivity index (χ0n) is 15.0. The Hall–Kier alpha value is -1.74. The van der Waals surface area contributed by atoms with Crippen LogP contribution in [-0.2, 0) is 13.1 Å². The quantitative estimate of drug-likeness (QED) is 0.682. The van der Waals surface area contributed by atoms with Crippen molar-refractivity contribution in [1.82, 2.24) is 9.47 Å². The summed E-state index contributed by atoms with van der Waals surface area (Å²) in [5.74, 6) is 1.68. The molecule has 0 bridgehead atoms. The van der Waals surface area contributed by atoms with Gasteiger partial charge in [-0.25, -0.2) is 0 Å². The third-order valence-electron chi connectivity index (χ3n) is 4.27. The normalized spacial score (nSPS) is 11.4. The minimum Gasteiger partial charge on any atom is -0.497 e. The molecule has 3 heteroatoms. The van der Waals surface area contributed by atoms with Crippen LogP contribution in [0.4, 0.5) is 0 Å². The first-order valence-corrected chi connectivity index (χ1v) is 8.61. The third kappa shape index (κ3) is 5.43. The number of hydrogen-bond donors (Lipinski definition) is 0. The summed E-state index contributed by atoms with van der Waals surface area (Å²) in [6, 6.07) is 12.7. The number of ether oxygens (including phenoxy) is 1. The van der Waals surface area contributed by atoms with Crippen molar-refractivity contribution in [1.29, 1.82) is 0 Å². The molecule has 0 fully saturated rings. The van der Waals surface area contributed by atoms with Crippen LogP contribution in [0.25, 0.3) is 0 Å². The van der Waals surface area contributed by atoms with Gasteiger partial charge in [0.15, 0.2) is 0 Å². The zero-order valence-corrected chi connectivity index (χ0v) is 15.0. The van der Waals surface area contributed by atoms with Crippen LogP contribution in [0, 0.1) is 5.92 Å². The van der Waals surface area contributed by atoms with Gasteiger partial charge < -0.3 is 9.30 Å². The number of methoxy groups -OCH3 is 1. The minimum absolute atomic E-state index is 0.757. The van der Waals surface area contributed by atoms with Gasteiger partial charge in [-0.2, -0.15) is 0 Å². The van der Waals surface area contributed by atoms with E-state index < -0.39 is 0 Å². The maximum Gasteiger partial charge on any atom is 0.119 e. The standard InChI is InChI=1S/C20H30N2O/c1-5-21(13-11-17(2)3)16-19-9-7-12-22(19)15-18-8-6-10-20(14-18)23-4/h6-10,12,14,17H,5,11,13,15-16H2,1-4H3. The van der Waals surface area contributed by atoms with Gasteiger partial charge in [-0.05, 0) is 55.3 Å². The topological polar surface area (TPSA) is 17.4 Å². The van der Waals surface area contributed by atoms with Crippen LogP contribution in [0.5, 0.6) is 5.75 Å². The van der Waals surface area contributed by atoms with E-state index in [1.165, 1.54) is 24.2 Å². The van der Waals surface area contributed by atoms with Crippen LogP contribution in [0.2, 0.25) is 0 Å². The van der Waals surface area contributed by atoms with Gasteiger partial charge in [0.25, 0.3) is 0 Å². The molecular formula is C20H30N2O. The Labute approximate surface area is 140 Å². The first kappa shape index (κ1) is 17.6. The van der Waals surface area contributed by atoms with Gasteiger partial charge in [0.1, 0.15) is 5.75 Å². The second-order valence-corrected chi connectivity index (χ2v) is 6.53. The van der Waals surface area contributed by atoms with Crippen molar-refractivity contribution in [2.24, 2.45) is 5.92 Å². The second kappa shape index (κ2) is 8.78.